The first-order chi connectivity index (χ1) is 34.0. The average molecular weight is 931 g/mol. The standard InChI is InChI=1S/2C28H27N5O2/c2*1-28(2)25(20-7-4-3-5-8-20)33(27(34)35-28)22-11-9-19(10-12-22)21-17-24-23(31-18-21)13-16-32(24)26-29-14-6-15-30-26/h2*3-9,13-18,22,25H,10-12H2,1-2H3/t22-,25+;22-,25-/m10/s1. The molecule has 14 nitrogen and oxygen atoms in total. The molecule has 2 aliphatic carbocycles. The summed E-state index contributed by atoms with van der Waals surface area (Å²) in [6.07, 6.45) is 23.8. The van der Waals surface area contributed by atoms with Crippen molar-refractivity contribution in [3.05, 3.63) is 181 Å². The molecule has 14 heteroatoms. The molecule has 2 amide bonds. The topological polar surface area (TPSA) is 146 Å². The van der Waals surface area contributed by atoms with Gasteiger partial charge in [-0.2, -0.15) is 0 Å². The number of carbonyl (C=O) groups excluding carboxylic acids is 2. The van der Waals surface area contributed by atoms with Crippen molar-refractivity contribution in [2.45, 2.75) is 102 Å². The van der Waals surface area contributed by atoms with E-state index in [0.29, 0.717) is 11.9 Å². The van der Waals surface area contributed by atoms with Crippen molar-refractivity contribution >= 4 is 45.4 Å². The molecule has 8 aromatic rings. The molecule has 0 bridgehead atoms. The van der Waals surface area contributed by atoms with Gasteiger partial charge >= 0.3 is 12.2 Å². The minimum Gasteiger partial charge on any atom is -0.441 e. The fraction of sp³-hybridized carbons (Fsp3) is 0.286. The Balaban J connectivity index is 0.000000152. The maximum atomic E-state index is 13.0. The number of hydrogen-bond acceptors (Lipinski definition) is 10. The number of hydrogen-bond donors (Lipinski definition) is 0. The Morgan fingerprint density at radius 2 is 0.914 bits per heavy atom. The van der Waals surface area contributed by atoms with E-state index in [1.807, 2.05) is 132 Å². The lowest BCUT2D eigenvalue weighted by Crippen LogP contribution is -2.41. The molecule has 0 radical (unpaired) electrons. The molecule has 70 heavy (non-hydrogen) atoms. The lowest BCUT2D eigenvalue weighted by atomic mass is 9.86. The molecule has 2 saturated heterocycles. The zero-order valence-corrected chi connectivity index (χ0v) is 39.7. The first kappa shape index (κ1) is 44.5. The highest BCUT2D eigenvalue weighted by Gasteiger charge is 2.52. The van der Waals surface area contributed by atoms with Gasteiger partial charge in [0.05, 0.1) is 34.2 Å². The average Bonchev–Trinajstić information content (AvgIpc) is 4.14. The fourth-order valence-electron chi connectivity index (χ4n) is 10.9. The molecule has 2 aromatic carbocycles. The summed E-state index contributed by atoms with van der Waals surface area (Å²) in [6, 6.07) is 32.3. The van der Waals surface area contributed by atoms with E-state index in [9.17, 15) is 9.59 Å². The van der Waals surface area contributed by atoms with E-state index in [4.69, 9.17) is 9.47 Å². The third-order valence-corrected chi connectivity index (χ3v) is 14.1. The molecule has 4 atom stereocenters. The zero-order chi connectivity index (χ0) is 48.0. The Morgan fingerprint density at radius 1 is 0.514 bits per heavy atom. The van der Waals surface area contributed by atoms with E-state index in [1.54, 1.807) is 24.8 Å². The molecule has 2 aliphatic heterocycles. The predicted octanol–water partition coefficient (Wildman–Crippen LogP) is 11.4. The lowest BCUT2D eigenvalue weighted by Gasteiger charge is -2.36. The van der Waals surface area contributed by atoms with Gasteiger partial charge in [-0.3, -0.25) is 28.9 Å². The first-order valence-electron chi connectivity index (χ1n) is 24.0. The van der Waals surface area contributed by atoms with Gasteiger partial charge in [-0.25, -0.2) is 29.5 Å². The van der Waals surface area contributed by atoms with Crippen molar-refractivity contribution in [3.63, 3.8) is 0 Å². The Morgan fingerprint density at radius 3 is 1.29 bits per heavy atom. The maximum Gasteiger partial charge on any atom is 0.411 e. The number of fused-ring (bicyclic) bond motifs is 2. The molecule has 352 valence electrons. The van der Waals surface area contributed by atoms with Crippen molar-refractivity contribution in [2.24, 2.45) is 0 Å². The summed E-state index contributed by atoms with van der Waals surface area (Å²) in [5, 5.41) is 0. The van der Waals surface area contributed by atoms with Gasteiger partial charge in [-0.05, 0) is 136 Å². The van der Waals surface area contributed by atoms with E-state index in [1.165, 1.54) is 11.1 Å². The molecule has 6 aromatic heterocycles. The predicted molar refractivity (Wildman–Crippen MR) is 268 cm³/mol. The smallest absolute Gasteiger partial charge is 0.411 e. The van der Waals surface area contributed by atoms with E-state index in [2.05, 4.69) is 78.5 Å². The summed E-state index contributed by atoms with van der Waals surface area (Å²) in [7, 11) is 0. The fourth-order valence-corrected chi connectivity index (χ4v) is 10.9. The second kappa shape index (κ2) is 18.1. The summed E-state index contributed by atoms with van der Waals surface area (Å²) >= 11 is 0. The van der Waals surface area contributed by atoms with Crippen LogP contribution in [-0.4, -0.2) is 84.3 Å². The van der Waals surface area contributed by atoms with Crippen LogP contribution in [-0.2, 0) is 9.47 Å². The number of cyclic esters (lactones) is 2. The highest BCUT2D eigenvalue weighted by molar-refractivity contribution is 5.83. The lowest BCUT2D eigenvalue weighted by molar-refractivity contribution is 0.0660. The van der Waals surface area contributed by atoms with Crippen LogP contribution in [0.4, 0.5) is 9.59 Å². The highest BCUT2D eigenvalue weighted by atomic mass is 16.6. The Labute approximate surface area is 406 Å². The van der Waals surface area contributed by atoms with E-state index in [-0.39, 0.29) is 36.4 Å². The van der Waals surface area contributed by atoms with Crippen molar-refractivity contribution in [2.75, 3.05) is 0 Å². The van der Waals surface area contributed by atoms with Crippen molar-refractivity contribution < 1.29 is 19.1 Å². The van der Waals surface area contributed by atoms with Gasteiger partial charge < -0.3 is 9.47 Å². The van der Waals surface area contributed by atoms with Gasteiger partial charge in [0, 0.05) is 61.7 Å². The van der Waals surface area contributed by atoms with Gasteiger partial charge in [0.25, 0.3) is 0 Å². The number of ether oxygens (including phenoxy) is 2. The van der Waals surface area contributed by atoms with Crippen LogP contribution in [0.2, 0.25) is 0 Å². The van der Waals surface area contributed by atoms with Gasteiger partial charge in [0.2, 0.25) is 11.9 Å². The van der Waals surface area contributed by atoms with Crippen LogP contribution in [0.15, 0.2) is 159 Å². The maximum absolute atomic E-state index is 13.0. The summed E-state index contributed by atoms with van der Waals surface area (Å²) in [4.78, 5) is 56.7. The van der Waals surface area contributed by atoms with Crippen LogP contribution in [0, 0.1) is 0 Å². The number of pyridine rings is 2. The van der Waals surface area contributed by atoms with E-state index >= 15 is 0 Å². The van der Waals surface area contributed by atoms with Gasteiger partial charge in [0.15, 0.2) is 0 Å². The molecular weight excluding hydrogens is 877 g/mol. The first-order valence-corrected chi connectivity index (χ1v) is 24.0. The third kappa shape index (κ3) is 8.37. The summed E-state index contributed by atoms with van der Waals surface area (Å²) in [6.45, 7) is 8.00. The van der Waals surface area contributed by atoms with Crippen LogP contribution in [0.5, 0.6) is 0 Å². The molecule has 0 saturated carbocycles. The quantitative estimate of drug-likeness (QED) is 0.144. The summed E-state index contributed by atoms with van der Waals surface area (Å²) < 4.78 is 15.6. The van der Waals surface area contributed by atoms with Crippen molar-refractivity contribution in [1.82, 2.24) is 48.8 Å². The molecule has 2 fully saturated rings. The van der Waals surface area contributed by atoms with Gasteiger partial charge in [-0.1, -0.05) is 72.8 Å². The zero-order valence-electron chi connectivity index (χ0n) is 39.7. The molecule has 4 aliphatic rings. The minimum atomic E-state index is -0.581. The van der Waals surface area contributed by atoms with Crippen molar-refractivity contribution in [1.29, 1.82) is 0 Å². The number of nitrogens with zero attached hydrogens (tertiary/aromatic N) is 10. The van der Waals surface area contributed by atoms with Gasteiger partial charge in [-0.15, -0.1) is 0 Å². The molecular formula is C56H54N10O4. The second-order valence-electron chi connectivity index (χ2n) is 19.4. The van der Waals surface area contributed by atoms with E-state index in [0.717, 1.165) is 82.8 Å². The number of allylic oxidation sites excluding steroid dienone is 2. The van der Waals surface area contributed by atoms with Gasteiger partial charge in [0.1, 0.15) is 11.2 Å². The third-order valence-electron chi connectivity index (χ3n) is 14.1. The Hall–Kier alpha value is -8.00. The second-order valence-corrected chi connectivity index (χ2v) is 19.4. The van der Waals surface area contributed by atoms with Crippen LogP contribution in [0.25, 0.3) is 45.1 Å². The number of aromatic nitrogens is 8. The largest absolute Gasteiger partial charge is 0.441 e. The highest BCUT2D eigenvalue weighted by Crippen LogP contribution is 2.47. The monoisotopic (exact) mass is 930 g/mol. The number of benzene rings is 2. The molecule has 0 spiro atoms. The number of carbonyl (C=O) groups is 2. The summed E-state index contributed by atoms with van der Waals surface area (Å²) in [5.41, 5.74) is 9.51. The van der Waals surface area contributed by atoms with Crippen LogP contribution in [0.3, 0.4) is 0 Å². The van der Waals surface area contributed by atoms with Crippen LogP contribution < -0.4 is 0 Å². The normalized spacial score (nSPS) is 21.7. The molecule has 0 N–H and O–H groups in total. The molecule has 8 heterocycles. The molecule has 12 rings (SSSR count). The Kier molecular flexibility index (Phi) is 11.5. The number of amides is 2. The van der Waals surface area contributed by atoms with Crippen LogP contribution in [0.1, 0.15) is 101 Å². The minimum absolute atomic E-state index is 0.0940. The number of rotatable bonds is 8. The van der Waals surface area contributed by atoms with E-state index < -0.39 is 11.2 Å². The Bertz CT molecular complexity index is 3040. The summed E-state index contributed by atoms with van der Waals surface area (Å²) in [5.74, 6) is 1.25. The molecule has 0 unspecified atom stereocenters. The van der Waals surface area contributed by atoms with Crippen LogP contribution >= 0.6 is 0 Å². The van der Waals surface area contributed by atoms with Crippen molar-refractivity contribution in [3.8, 4) is 11.9 Å². The SMILES string of the molecule is CC1(C)OC(=O)N([C@@H]2CC=C(c3cnc4ccn(-c5ncccn5)c4c3)CC2)[C@H]1c1ccccc1.CC1(C)OC(=O)N([C@H]2CC=C(c3cnc4ccn(-c5ncccn5)c4c3)CC2)[C@H]1c1ccccc1.